The van der Waals surface area contributed by atoms with Crippen molar-refractivity contribution in [3.8, 4) is 11.3 Å². The van der Waals surface area contributed by atoms with Crippen molar-refractivity contribution in [3.05, 3.63) is 41.7 Å². The van der Waals surface area contributed by atoms with Crippen LogP contribution in [0, 0.1) is 30.1 Å². The lowest BCUT2D eigenvalue weighted by molar-refractivity contribution is -0.147. The van der Waals surface area contributed by atoms with Crippen LogP contribution >= 0.6 is 0 Å². The third-order valence-electron chi connectivity index (χ3n) is 7.08. The van der Waals surface area contributed by atoms with Crippen molar-refractivity contribution in [1.29, 1.82) is 0 Å². The van der Waals surface area contributed by atoms with E-state index in [2.05, 4.69) is 5.16 Å². The summed E-state index contributed by atoms with van der Waals surface area (Å²) in [5, 5.41) is 4.03. The van der Waals surface area contributed by atoms with E-state index in [-0.39, 0.29) is 17.8 Å². The molecule has 1 aromatic carbocycles. The number of carbonyl (C=O) groups excluding carboxylic acids is 2. The molecule has 146 valence electrons. The van der Waals surface area contributed by atoms with Crippen LogP contribution in [-0.2, 0) is 9.53 Å². The number of nitrogens with zero attached hydrogens (tertiary/aromatic N) is 1. The molecule has 0 spiro atoms. The third kappa shape index (κ3) is 2.88. The van der Waals surface area contributed by atoms with Gasteiger partial charge in [-0.2, -0.15) is 0 Å². The molecule has 0 N–H and O–H groups in total. The van der Waals surface area contributed by atoms with Gasteiger partial charge in [-0.25, -0.2) is 4.79 Å². The first-order valence-electron chi connectivity index (χ1n) is 10.3. The van der Waals surface area contributed by atoms with Crippen LogP contribution in [0.4, 0.5) is 0 Å². The molecule has 1 heterocycles. The zero-order valence-corrected chi connectivity index (χ0v) is 16.1. The van der Waals surface area contributed by atoms with Crippen molar-refractivity contribution in [2.45, 2.75) is 45.4 Å². The maximum atomic E-state index is 13.1. The molecule has 0 radical (unpaired) electrons. The van der Waals surface area contributed by atoms with Crippen molar-refractivity contribution in [2.75, 3.05) is 6.61 Å². The van der Waals surface area contributed by atoms with E-state index in [0.29, 0.717) is 34.8 Å². The molecular weight excluding hydrogens is 354 g/mol. The molecule has 0 aliphatic heterocycles. The quantitative estimate of drug-likeness (QED) is 0.711. The molecule has 5 nitrogen and oxygen atoms in total. The van der Waals surface area contributed by atoms with Crippen LogP contribution in [0.1, 0.15) is 54.6 Å². The van der Waals surface area contributed by atoms with Crippen LogP contribution in [0.3, 0.4) is 0 Å². The van der Waals surface area contributed by atoms with Crippen LogP contribution < -0.4 is 0 Å². The summed E-state index contributed by atoms with van der Waals surface area (Å²) in [4.78, 5) is 25.9. The SMILES string of the molecule is Cc1onc(-c2ccccc2)c1C(=O)OCC(=O)C12CC3CC(CC(C3)C1)C2. The monoisotopic (exact) mass is 379 g/mol. The van der Waals surface area contributed by atoms with Crippen LogP contribution in [0.25, 0.3) is 11.3 Å². The van der Waals surface area contributed by atoms with Crippen LogP contribution in [0.15, 0.2) is 34.9 Å². The van der Waals surface area contributed by atoms with Gasteiger partial charge in [0.25, 0.3) is 0 Å². The Morgan fingerprint density at radius 1 is 1.07 bits per heavy atom. The Bertz CT molecular complexity index is 879. The van der Waals surface area contributed by atoms with E-state index in [9.17, 15) is 9.59 Å². The molecule has 28 heavy (non-hydrogen) atoms. The second-order valence-electron chi connectivity index (χ2n) is 9.03. The first-order valence-corrected chi connectivity index (χ1v) is 10.3. The third-order valence-corrected chi connectivity index (χ3v) is 7.08. The molecule has 5 heteroatoms. The highest BCUT2D eigenvalue weighted by Crippen LogP contribution is 2.60. The van der Waals surface area contributed by atoms with E-state index in [1.54, 1.807) is 6.92 Å². The number of carbonyl (C=O) groups is 2. The predicted octanol–water partition coefficient (Wildman–Crippen LogP) is 4.59. The van der Waals surface area contributed by atoms with Gasteiger partial charge in [0.05, 0.1) is 0 Å². The summed E-state index contributed by atoms with van der Waals surface area (Å²) in [5.74, 6) is 2.06. The molecule has 6 rings (SSSR count). The highest BCUT2D eigenvalue weighted by Gasteiger charge is 2.54. The maximum Gasteiger partial charge on any atom is 0.344 e. The lowest BCUT2D eigenvalue weighted by atomic mass is 9.48. The van der Waals surface area contributed by atoms with E-state index in [4.69, 9.17) is 9.26 Å². The number of benzene rings is 1. The number of aryl methyl sites for hydroxylation is 1. The highest BCUT2D eigenvalue weighted by molar-refractivity contribution is 5.98. The topological polar surface area (TPSA) is 69.4 Å². The van der Waals surface area contributed by atoms with Gasteiger partial charge in [0.15, 0.2) is 12.4 Å². The molecule has 0 saturated heterocycles. The van der Waals surface area contributed by atoms with E-state index in [0.717, 1.165) is 24.8 Å². The second-order valence-corrected chi connectivity index (χ2v) is 9.03. The molecule has 0 unspecified atom stereocenters. The Labute approximate surface area is 164 Å². The second kappa shape index (κ2) is 6.57. The fourth-order valence-electron chi connectivity index (χ4n) is 6.21. The number of aromatic nitrogens is 1. The number of esters is 1. The van der Waals surface area contributed by atoms with Gasteiger partial charge in [-0.15, -0.1) is 0 Å². The molecule has 0 amide bonds. The Kier molecular flexibility index (Phi) is 4.14. The first kappa shape index (κ1) is 17.7. The molecule has 1 aromatic heterocycles. The largest absolute Gasteiger partial charge is 0.454 e. The van der Waals surface area contributed by atoms with Crippen LogP contribution in [-0.4, -0.2) is 23.5 Å². The lowest BCUT2D eigenvalue weighted by Gasteiger charge is -2.55. The van der Waals surface area contributed by atoms with Gasteiger partial charge < -0.3 is 9.26 Å². The molecule has 4 saturated carbocycles. The Hall–Kier alpha value is -2.43. The van der Waals surface area contributed by atoms with Crippen molar-refractivity contribution in [1.82, 2.24) is 5.16 Å². The standard InChI is InChI=1S/C23H25NO4/c1-14-20(21(24-28-14)18-5-3-2-4-6-18)22(26)27-13-19(25)23-10-15-7-16(11-23)9-17(8-15)12-23/h2-6,15-17H,7-13H2,1H3. The number of hydrogen-bond acceptors (Lipinski definition) is 5. The smallest absolute Gasteiger partial charge is 0.344 e. The summed E-state index contributed by atoms with van der Waals surface area (Å²) in [6.07, 6.45) is 6.80. The maximum absolute atomic E-state index is 13.1. The number of rotatable bonds is 5. The van der Waals surface area contributed by atoms with Gasteiger partial charge >= 0.3 is 5.97 Å². The number of Topliss-reactive ketones (excluding diaryl/α,β-unsaturated/α-hetero) is 1. The fourth-order valence-corrected chi connectivity index (χ4v) is 6.21. The zero-order chi connectivity index (χ0) is 19.3. The summed E-state index contributed by atoms with van der Waals surface area (Å²) in [5.41, 5.74) is 1.31. The Morgan fingerprint density at radius 3 is 2.29 bits per heavy atom. The Balaban J connectivity index is 1.31. The van der Waals surface area contributed by atoms with E-state index in [1.165, 1.54) is 19.3 Å². The van der Waals surface area contributed by atoms with Gasteiger partial charge in [-0.3, -0.25) is 4.79 Å². The fraction of sp³-hybridized carbons (Fsp3) is 0.522. The molecule has 4 aliphatic carbocycles. The zero-order valence-electron chi connectivity index (χ0n) is 16.1. The van der Waals surface area contributed by atoms with Crippen molar-refractivity contribution < 1.29 is 18.8 Å². The van der Waals surface area contributed by atoms with Crippen LogP contribution in [0.2, 0.25) is 0 Å². The van der Waals surface area contributed by atoms with Crippen molar-refractivity contribution in [2.24, 2.45) is 23.2 Å². The van der Waals surface area contributed by atoms with Gasteiger partial charge in [-0.1, -0.05) is 35.5 Å². The lowest BCUT2D eigenvalue weighted by Crippen LogP contribution is -2.51. The average molecular weight is 379 g/mol. The molecule has 4 aliphatic rings. The summed E-state index contributed by atoms with van der Waals surface area (Å²) in [6, 6.07) is 9.40. The van der Waals surface area contributed by atoms with Crippen LogP contribution in [0.5, 0.6) is 0 Å². The average Bonchev–Trinajstić information content (AvgIpc) is 3.07. The van der Waals surface area contributed by atoms with E-state index < -0.39 is 5.97 Å². The minimum Gasteiger partial charge on any atom is -0.454 e. The minimum absolute atomic E-state index is 0.107. The summed E-state index contributed by atoms with van der Waals surface area (Å²) < 4.78 is 10.7. The molecular formula is C23H25NO4. The normalized spacial score (nSPS) is 30.4. The van der Waals surface area contributed by atoms with Gasteiger partial charge in [0.2, 0.25) is 0 Å². The molecule has 2 aromatic rings. The van der Waals surface area contributed by atoms with Gasteiger partial charge in [0, 0.05) is 11.0 Å². The van der Waals surface area contributed by atoms with Gasteiger partial charge in [0.1, 0.15) is 17.0 Å². The summed E-state index contributed by atoms with van der Waals surface area (Å²) in [6.45, 7) is 1.54. The summed E-state index contributed by atoms with van der Waals surface area (Å²) >= 11 is 0. The van der Waals surface area contributed by atoms with Crippen molar-refractivity contribution in [3.63, 3.8) is 0 Å². The number of ether oxygens (including phenoxy) is 1. The highest BCUT2D eigenvalue weighted by atomic mass is 16.5. The molecule has 4 bridgehead atoms. The summed E-state index contributed by atoms with van der Waals surface area (Å²) in [7, 11) is 0. The Morgan fingerprint density at radius 2 is 1.68 bits per heavy atom. The van der Waals surface area contributed by atoms with Gasteiger partial charge in [-0.05, 0) is 63.2 Å². The van der Waals surface area contributed by atoms with E-state index >= 15 is 0 Å². The molecule has 4 fully saturated rings. The number of ketones is 1. The molecule has 0 atom stereocenters. The van der Waals surface area contributed by atoms with E-state index in [1.807, 2.05) is 30.3 Å². The predicted molar refractivity (Wildman–Crippen MR) is 103 cm³/mol. The number of hydrogen-bond donors (Lipinski definition) is 0. The minimum atomic E-state index is -0.532. The van der Waals surface area contributed by atoms with Crippen molar-refractivity contribution >= 4 is 11.8 Å². The first-order chi connectivity index (χ1) is 13.5.